The Hall–Kier alpha value is -2.00. The average molecular weight is 272 g/mol. The van der Waals surface area contributed by atoms with E-state index in [4.69, 9.17) is 17.3 Å². The third-order valence-corrected chi connectivity index (χ3v) is 3.50. The number of aryl methyl sites for hydroxylation is 1. The second-order valence-corrected chi connectivity index (χ2v) is 5.06. The van der Waals surface area contributed by atoms with Gasteiger partial charge in [-0.3, -0.25) is 0 Å². The van der Waals surface area contributed by atoms with Gasteiger partial charge in [-0.25, -0.2) is 4.98 Å². The molecule has 3 aromatic rings. The zero-order chi connectivity index (χ0) is 13.4. The monoisotopic (exact) mass is 271 g/mol. The fraction of sp³-hybridized carbons (Fsp3) is 0.133. The lowest BCUT2D eigenvalue weighted by Gasteiger charge is -2.08. The molecule has 0 amide bonds. The van der Waals surface area contributed by atoms with Crippen LogP contribution < -0.4 is 5.73 Å². The second kappa shape index (κ2) is 4.59. The van der Waals surface area contributed by atoms with Crippen molar-refractivity contribution in [3.05, 3.63) is 58.6 Å². The van der Waals surface area contributed by atoms with E-state index in [1.807, 2.05) is 41.0 Å². The van der Waals surface area contributed by atoms with E-state index >= 15 is 0 Å². The second-order valence-electron chi connectivity index (χ2n) is 4.63. The van der Waals surface area contributed by atoms with E-state index in [2.05, 4.69) is 18.0 Å². The van der Waals surface area contributed by atoms with Crippen LogP contribution >= 0.6 is 11.6 Å². The summed E-state index contributed by atoms with van der Waals surface area (Å²) in [5.74, 6) is 0.541. The van der Waals surface area contributed by atoms with E-state index in [1.54, 1.807) is 0 Å². The van der Waals surface area contributed by atoms with Gasteiger partial charge in [0.15, 0.2) is 0 Å². The molecule has 0 bridgehead atoms. The first-order valence-corrected chi connectivity index (χ1v) is 6.49. The Morgan fingerprint density at radius 1 is 1.16 bits per heavy atom. The molecule has 4 heteroatoms. The molecule has 0 saturated heterocycles. The van der Waals surface area contributed by atoms with Crippen LogP contribution in [0.2, 0.25) is 5.02 Å². The van der Waals surface area contributed by atoms with Gasteiger partial charge in [-0.05, 0) is 36.2 Å². The van der Waals surface area contributed by atoms with Crippen LogP contribution in [0.25, 0.3) is 11.0 Å². The molecule has 0 aliphatic carbocycles. The fourth-order valence-electron chi connectivity index (χ4n) is 2.32. The van der Waals surface area contributed by atoms with Crippen LogP contribution in [0.5, 0.6) is 0 Å². The number of fused-ring (bicyclic) bond motifs is 1. The number of rotatable bonds is 2. The van der Waals surface area contributed by atoms with Gasteiger partial charge in [0.25, 0.3) is 0 Å². The SMILES string of the molecule is Cc1cccc2nc(N)n(Cc3ccc(Cl)cc3)c12. The van der Waals surface area contributed by atoms with Crippen molar-refractivity contribution in [2.45, 2.75) is 13.5 Å². The number of benzene rings is 2. The number of anilines is 1. The number of para-hydroxylation sites is 1. The Balaban J connectivity index is 2.09. The molecule has 1 heterocycles. The Morgan fingerprint density at radius 3 is 2.63 bits per heavy atom. The molecule has 2 aromatic carbocycles. The summed E-state index contributed by atoms with van der Waals surface area (Å²) in [6.45, 7) is 2.77. The summed E-state index contributed by atoms with van der Waals surface area (Å²) >= 11 is 5.90. The Labute approximate surface area is 116 Å². The molecular formula is C15H14ClN3. The molecule has 2 N–H and O–H groups in total. The Kier molecular flexibility index (Phi) is 2.91. The highest BCUT2D eigenvalue weighted by Gasteiger charge is 2.10. The number of aromatic nitrogens is 2. The topological polar surface area (TPSA) is 43.8 Å². The third kappa shape index (κ3) is 2.17. The van der Waals surface area contributed by atoms with Gasteiger partial charge >= 0.3 is 0 Å². The number of nitrogen functional groups attached to an aromatic ring is 1. The van der Waals surface area contributed by atoms with E-state index in [-0.39, 0.29) is 0 Å². The average Bonchev–Trinajstić information content (AvgIpc) is 2.70. The van der Waals surface area contributed by atoms with Gasteiger partial charge in [-0.1, -0.05) is 35.9 Å². The number of nitrogens with two attached hydrogens (primary N) is 1. The van der Waals surface area contributed by atoms with Gasteiger partial charge in [0.1, 0.15) is 0 Å². The van der Waals surface area contributed by atoms with Gasteiger partial charge in [0, 0.05) is 5.02 Å². The molecule has 3 nitrogen and oxygen atoms in total. The van der Waals surface area contributed by atoms with Crippen molar-refractivity contribution in [3.63, 3.8) is 0 Å². The molecule has 96 valence electrons. The number of hydrogen-bond acceptors (Lipinski definition) is 2. The normalized spacial score (nSPS) is 11.1. The number of hydrogen-bond donors (Lipinski definition) is 1. The molecule has 19 heavy (non-hydrogen) atoms. The van der Waals surface area contributed by atoms with Crippen molar-refractivity contribution in [2.75, 3.05) is 5.73 Å². The number of imidazole rings is 1. The summed E-state index contributed by atoms with van der Waals surface area (Å²) in [7, 11) is 0. The van der Waals surface area contributed by atoms with Crippen molar-refractivity contribution < 1.29 is 0 Å². The maximum atomic E-state index is 6.03. The molecular weight excluding hydrogens is 258 g/mol. The molecule has 0 aliphatic heterocycles. The largest absolute Gasteiger partial charge is 0.369 e. The number of nitrogens with zero attached hydrogens (tertiary/aromatic N) is 2. The molecule has 0 radical (unpaired) electrons. The van der Waals surface area contributed by atoms with Gasteiger partial charge in [-0.2, -0.15) is 0 Å². The van der Waals surface area contributed by atoms with Crippen LogP contribution in [-0.4, -0.2) is 9.55 Å². The van der Waals surface area contributed by atoms with Gasteiger partial charge < -0.3 is 10.3 Å². The zero-order valence-corrected chi connectivity index (χ0v) is 11.4. The van der Waals surface area contributed by atoms with E-state index in [0.717, 1.165) is 21.6 Å². The Morgan fingerprint density at radius 2 is 1.89 bits per heavy atom. The minimum absolute atomic E-state index is 0.541. The lowest BCUT2D eigenvalue weighted by atomic mass is 10.2. The highest BCUT2D eigenvalue weighted by molar-refractivity contribution is 6.30. The van der Waals surface area contributed by atoms with Crippen molar-refractivity contribution >= 4 is 28.6 Å². The summed E-state index contributed by atoms with van der Waals surface area (Å²) in [5, 5.41) is 0.739. The van der Waals surface area contributed by atoms with Crippen LogP contribution in [0.3, 0.4) is 0 Å². The summed E-state index contributed by atoms with van der Waals surface area (Å²) in [4.78, 5) is 4.40. The standard InChI is InChI=1S/C15H14ClN3/c1-10-3-2-4-13-14(10)19(15(17)18-13)9-11-5-7-12(16)8-6-11/h2-8H,9H2,1H3,(H2,17,18). The smallest absolute Gasteiger partial charge is 0.201 e. The van der Waals surface area contributed by atoms with Gasteiger partial charge in [0.05, 0.1) is 17.6 Å². The summed E-state index contributed by atoms with van der Waals surface area (Å²) in [5.41, 5.74) is 10.4. The summed E-state index contributed by atoms with van der Waals surface area (Å²) in [6, 6.07) is 13.8. The first-order valence-electron chi connectivity index (χ1n) is 6.11. The maximum Gasteiger partial charge on any atom is 0.201 e. The first kappa shape index (κ1) is 12.1. The van der Waals surface area contributed by atoms with Gasteiger partial charge in [-0.15, -0.1) is 0 Å². The third-order valence-electron chi connectivity index (χ3n) is 3.25. The lowest BCUT2D eigenvalue weighted by Crippen LogP contribution is -2.05. The van der Waals surface area contributed by atoms with Crippen LogP contribution in [0.15, 0.2) is 42.5 Å². The lowest BCUT2D eigenvalue weighted by molar-refractivity contribution is 0.836. The molecule has 0 spiro atoms. The van der Waals surface area contributed by atoms with Gasteiger partial charge in [0.2, 0.25) is 5.95 Å². The quantitative estimate of drug-likeness (QED) is 0.773. The minimum Gasteiger partial charge on any atom is -0.369 e. The van der Waals surface area contributed by atoms with Crippen LogP contribution in [0.4, 0.5) is 5.95 Å². The summed E-state index contributed by atoms with van der Waals surface area (Å²) < 4.78 is 2.04. The highest BCUT2D eigenvalue weighted by atomic mass is 35.5. The molecule has 0 fully saturated rings. The maximum absolute atomic E-state index is 6.03. The molecule has 0 saturated carbocycles. The van der Waals surface area contributed by atoms with Crippen molar-refractivity contribution in [2.24, 2.45) is 0 Å². The predicted molar refractivity (Wildman–Crippen MR) is 79.4 cm³/mol. The zero-order valence-electron chi connectivity index (χ0n) is 10.6. The van der Waals surface area contributed by atoms with Crippen molar-refractivity contribution in [1.82, 2.24) is 9.55 Å². The molecule has 0 atom stereocenters. The molecule has 0 unspecified atom stereocenters. The molecule has 0 aliphatic rings. The number of halogens is 1. The highest BCUT2D eigenvalue weighted by Crippen LogP contribution is 2.23. The van der Waals surface area contributed by atoms with E-state index in [1.165, 1.54) is 5.56 Å². The fourth-order valence-corrected chi connectivity index (χ4v) is 2.44. The summed E-state index contributed by atoms with van der Waals surface area (Å²) in [6.07, 6.45) is 0. The first-order chi connectivity index (χ1) is 9.15. The van der Waals surface area contributed by atoms with E-state index in [9.17, 15) is 0 Å². The van der Waals surface area contributed by atoms with E-state index in [0.29, 0.717) is 12.5 Å². The van der Waals surface area contributed by atoms with Crippen molar-refractivity contribution in [1.29, 1.82) is 0 Å². The van der Waals surface area contributed by atoms with Crippen LogP contribution in [-0.2, 0) is 6.54 Å². The van der Waals surface area contributed by atoms with Crippen molar-refractivity contribution in [3.8, 4) is 0 Å². The van der Waals surface area contributed by atoms with E-state index < -0.39 is 0 Å². The molecule has 1 aromatic heterocycles. The van der Waals surface area contributed by atoms with Crippen LogP contribution in [0, 0.1) is 6.92 Å². The molecule has 3 rings (SSSR count). The minimum atomic E-state index is 0.541. The predicted octanol–water partition coefficient (Wildman–Crippen LogP) is 3.63. The Bertz CT molecular complexity index is 729. The van der Waals surface area contributed by atoms with Crippen LogP contribution in [0.1, 0.15) is 11.1 Å².